The third-order valence-corrected chi connectivity index (χ3v) is 4.34. The summed E-state index contributed by atoms with van der Waals surface area (Å²) >= 11 is 0. The normalized spacial score (nSPS) is 16.8. The van der Waals surface area contributed by atoms with Gasteiger partial charge in [-0.15, -0.1) is 0 Å². The van der Waals surface area contributed by atoms with Gasteiger partial charge in [0.25, 0.3) is 0 Å². The second-order valence-electron chi connectivity index (χ2n) is 6.26. The van der Waals surface area contributed by atoms with Crippen molar-refractivity contribution in [2.45, 2.75) is 39.0 Å². The van der Waals surface area contributed by atoms with Gasteiger partial charge in [-0.05, 0) is 55.8 Å². The van der Waals surface area contributed by atoms with Crippen LogP contribution in [0.15, 0.2) is 24.3 Å². The summed E-state index contributed by atoms with van der Waals surface area (Å²) in [6, 6.07) is 9.13. The van der Waals surface area contributed by atoms with E-state index < -0.39 is 0 Å². The summed E-state index contributed by atoms with van der Waals surface area (Å²) < 4.78 is 0. The Morgan fingerprint density at radius 3 is 2.16 bits per heavy atom. The van der Waals surface area contributed by atoms with Gasteiger partial charge in [-0.25, -0.2) is 0 Å². The molecule has 0 amide bonds. The molecule has 0 heterocycles. The van der Waals surface area contributed by atoms with Gasteiger partial charge in [0, 0.05) is 13.1 Å². The van der Waals surface area contributed by atoms with E-state index in [0.717, 1.165) is 26.1 Å². The number of likely N-dealkylation sites (N-methyl/N-ethyl adjacent to an activating group) is 1. The average Bonchev–Trinajstić information content (AvgIpc) is 3.19. The number of hydrogen-bond acceptors (Lipinski definition) is 2. The van der Waals surface area contributed by atoms with Crippen LogP contribution in [0.3, 0.4) is 0 Å². The standard InChI is InChI=1S/C17H28N2/c1-3-4-15-5-7-16(8-6-15)9-12-19(2)14-17(13-18)10-11-17/h5-8H,3-4,9-14,18H2,1-2H3. The van der Waals surface area contributed by atoms with Crippen molar-refractivity contribution in [2.75, 3.05) is 26.7 Å². The molecule has 2 N–H and O–H groups in total. The summed E-state index contributed by atoms with van der Waals surface area (Å²) in [7, 11) is 2.22. The fraction of sp³-hybridized carbons (Fsp3) is 0.647. The first kappa shape index (κ1) is 14.5. The highest BCUT2D eigenvalue weighted by Gasteiger charge is 2.41. The van der Waals surface area contributed by atoms with Gasteiger partial charge in [0.1, 0.15) is 0 Å². The fourth-order valence-electron chi connectivity index (χ4n) is 2.74. The molecule has 0 saturated heterocycles. The molecule has 0 radical (unpaired) electrons. The van der Waals surface area contributed by atoms with Crippen LogP contribution in [0.2, 0.25) is 0 Å². The molecule has 1 aromatic carbocycles. The molecule has 1 aliphatic rings. The van der Waals surface area contributed by atoms with Crippen LogP contribution >= 0.6 is 0 Å². The van der Waals surface area contributed by atoms with Gasteiger partial charge in [0.15, 0.2) is 0 Å². The predicted molar refractivity (Wildman–Crippen MR) is 82.4 cm³/mol. The molecule has 0 bridgehead atoms. The molecule has 0 spiro atoms. The van der Waals surface area contributed by atoms with E-state index in [1.807, 2.05) is 0 Å². The van der Waals surface area contributed by atoms with Crippen molar-refractivity contribution >= 4 is 0 Å². The van der Waals surface area contributed by atoms with Crippen LogP contribution < -0.4 is 5.73 Å². The monoisotopic (exact) mass is 260 g/mol. The van der Waals surface area contributed by atoms with Gasteiger partial charge in [-0.2, -0.15) is 0 Å². The number of hydrogen-bond donors (Lipinski definition) is 1. The maximum atomic E-state index is 5.84. The van der Waals surface area contributed by atoms with Crippen molar-refractivity contribution in [3.05, 3.63) is 35.4 Å². The zero-order chi connectivity index (χ0) is 13.7. The van der Waals surface area contributed by atoms with Gasteiger partial charge < -0.3 is 10.6 Å². The minimum Gasteiger partial charge on any atom is -0.330 e. The third kappa shape index (κ3) is 4.32. The van der Waals surface area contributed by atoms with E-state index in [2.05, 4.69) is 43.1 Å². The van der Waals surface area contributed by atoms with E-state index >= 15 is 0 Å². The molecular weight excluding hydrogens is 232 g/mol. The molecule has 2 nitrogen and oxygen atoms in total. The van der Waals surface area contributed by atoms with Gasteiger partial charge in [0.2, 0.25) is 0 Å². The third-order valence-electron chi connectivity index (χ3n) is 4.34. The lowest BCUT2D eigenvalue weighted by Gasteiger charge is -2.22. The molecule has 1 aliphatic carbocycles. The van der Waals surface area contributed by atoms with Gasteiger partial charge in [-0.1, -0.05) is 37.6 Å². The molecule has 19 heavy (non-hydrogen) atoms. The summed E-state index contributed by atoms with van der Waals surface area (Å²) in [5, 5.41) is 0. The zero-order valence-corrected chi connectivity index (χ0v) is 12.5. The molecule has 0 aliphatic heterocycles. The molecule has 1 aromatic rings. The molecule has 0 atom stereocenters. The van der Waals surface area contributed by atoms with E-state index in [1.165, 1.54) is 36.8 Å². The lowest BCUT2D eigenvalue weighted by atomic mass is 10.0. The predicted octanol–water partition coefficient (Wildman–Crippen LogP) is 2.85. The quantitative estimate of drug-likeness (QED) is 0.779. The van der Waals surface area contributed by atoms with Crippen molar-refractivity contribution in [2.24, 2.45) is 11.1 Å². The molecule has 1 fully saturated rings. The number of nitrogens with zero attached hydrogens (tertiary/aromatic N) is 1. The van der Waals surface area contributed by atoms with Crippen LogP contribution in [-0.2, 0) is 12.8 Å². The number of rotatable bonds is 8. The molecular formula is C17H28N2. The first-order valence-electron chi connectivity index (χ1n) is 7.64. The van der Waals surface area contributed by atoms with E-state index in [9.17, 15) is 0 Å². The van der Waals surface area contributed by atoms with Crippen molar-refractivity contribution in [3.8, 4) is 0 Å². The van der Waals surface area contributed by atoms with Gasteiger partial charge in [0.05, 0.1) is 0 Å². The van der Waals surface area contributed by atoms with Crippen LogP contribution in [0.1, 0.15) is 37.3 Å². The van der Waals surface area contributed by atoms with Crippen molar-refractivity contribution in [1.29, 1.82) is 0 Å². The van der Waals surface area contributed by atoms with E-state index in [4.69, 9.17) is 5.73 Å². The molecule has 106 valence electrons. The Kier molecular flexibility index (Phi) is 5.00. The smallest absolute Gasteiger partial charge is 0.00471 e. The Bertz CT molecular complexity index is 379. The Labute approximate surface area is 118 Å². The summed E-state index contributed by atoms with van der Waals surface area (Å²) in [4.78, 5) is 2.44. The Morgan fingerprint density at radius 1 is 1.11 bits per heavy atom. The molecule has 2 heteroatoms. The highest BCUT2D eigenvalue weighted by molar-refractivity contribution is 5.22. The maximum absolute atomic E-state index is 5.84. The van der Waals surface area contributed by atoms with Crippen LogP contribution in [0, 0.1) is 5.41 Å². The largest absolute Gasteiger partial charge is 0.330 e. The Balaban J connectivity index is 1.75. The molecule has 0 unspecified atom stereocenters. The summed E-state index contributed by atoms with van der Waals surface area (Å²) in [6.07, 6.45) is 6.20. The topological polar surface area (TPSA) is 29.3 Å². The molecule has 2 rings (SSSR count). The van der Waals surface area contributed by atoms with Gasteiger partial charge >= 0.3 is 0 Å². The lowest BCUT2D eigenvalue weighted by molar-refractivity contribution is 0.269. The molecule has 0 aromatic heterocycles. The Morgan fingerprint density at radius 2 is 1.68 bits per heavy atom. The average molecular weight is 260 g/mol. The first-order chi connectivity index (χ1) is 9.17. The fourth-order valence-corrected chi connectivity index (χ4v) is 2.74. The van der Waals surface area contributed by atoms with Crippen LogP contribution in [0.4, 0.5) is 0 Å². The van der Waals surface area contributed by atoms with E-state index in [0.29, 0.717) is 5.41 Å². The second kappa shape index (κ2) is 6.53. The minimum absolute atomic E-state index is 0.458. The zero-order valence-electron chi connectivity index (χ0n) is 12.5. The minimum atomic E-state index is 0.458. The van der Waals surface area contributed by atoms with Crippen LogP contribution in [0.5, 0.6) is 0 Å². The Hall–Kier alpha value is -0.860. The summed E-state index contributed by atoms with van der Waals surface area (Å²) in [5.41, 5.74) is 9.21. The van der Waals surface area contributed by atoms with Gasteiger partial charge in [-0.3, -0.25) is 0 Å². The maximum Gasteiger partial charge on any atom is 0.00471 e. The van der Waals surface area contributed by atoms with Crippen molar-refractivity contribution in [1.82, 2.24) is 4.90 Å². The SMILES string of the molecule is CCCc1ccc(CCN(C)CC2(CN)CC2)cc1. The van der Waals surface area contributed by atoms with Crippen LogP contribution in [-0.4, -0.2) is 31.6 Å². The molecule has 1 saturated carbocycles. The second-order valence-corrected chi connectivity index (χ2v) is 6.26. The van der Waals surface area contributed by atoms with E-state index in [-0.39, 0.29) is 0 Å². The first-order valence-corrected chi connectivity index (χ1v) is 7.64. The van der Waals surface area contributed by atoms with E-state index in [1.54, 1.807) is 0 Å². The summed E-state index contributed by atoms with van der Waals surface area (Å²) in [5.74, 6) is 0. The number of benzene rings is 1. The van der Waals surface area contributed by atoms with Crippen molar-refractivity contribution in [3.63, 3.8) is 0 Å². The summed E-state index contributed by atoms with van der Waals surface area (Å²) in [6.45, 7) is 5.38. The highest BCUT2D eigenvalue weighted by atomic mass is 15.1. The van der Waals surface area contributed by atoms with Crippen LogP contribution in [0.25, 0.3) is 0 Å². The highest BCUT2D eigenvalue weighted by Crippen LogP contribution is 2.44. The number of nitrogens with two attached hydrogens (primary N) is 1. The number of aryl methyl sites for hydroxylation is 1. The van der Waals surface area contributed by atoms with Crippen molar-refractivity contribution < 1.29 is 0 Å². The lowest BCUT2D eigenvalue weighted by Crippen LogP contribution is -2.32.